The molecule has 0 aliphatic carbocycles. The highest BCUT2D eigenvalue weighted by Crippen LogP contribution is 2.16. The Hall–Kier alpha value is -1.11. The first-order valence-corrected chi connectivity index (χ1v) is 8.88. The number of ether oxygens (including phenoxy) is 1. The number of nitrogens with zero attached hydrogens (tertiary/aromatic N) is 1. The maximum Gasteiger partial charge on any atom is 0.407 e. The molecule has 21 heavy (non-hydrogen) atoms. The zero-order valence-corrected chi connectivity index (χ0v) is 14.9. The lowest BCUT2D eigenvalue weighted by molar-refractivity contribution is -0.117. The summed E-state index contributed by atoms with van der Waals surface area (Å²) in [4.78, 5) is 23.1. The van der Waals surface area contributed by atoms with Crippen LogP contribution in [0.2, 0.25) is 0 Å². The van der Waals surface area contributed by atoms with Gasteiger partial charge in [-0.2, -0.15) is 4.36 Å². The normalized spacial score (nSPS) is 15.0. The van der Waals surface area contributed by atoms with Crippen molar-refractivity contribution in [3.05, 3.63) is 0 Å². The van der Waals surface area contributed by atoms with Gasteiger partial charge < -0.3 is 10.1 Å². The van der Waals surface area contributed by atoms with E-state index in [9.17, 15) is 13.8 Å². The molecule has 1 N–H and O–H groups in total. The van der Waals surface area contributed by atoms with Gasteiger partial charge in [0.1, 0.15) is 5.60 Å². The zero-order chi connectivity index (χ0) is 16.9. The summed E-state index contributed by atoms with van der Waals surface area (Å²) in [6.45, 7) is 11.0. The topological polar surface area (TPSA) is 84.8 Å². The molecule has 0 bridgehead atoms. The summed E-state index contributed by atoms with van der Waals surface area (Å²) in [6.07, 6.45) is 1.56. The van der Waals surface area contributed by atoms with E-state index in [-0.39, 0.29) is 6.42 Å². The van der Waals surface area contributed by atoms with Crippen molar-refractivity contribution in [3.63, 3.8) is 0 Å². The van der Waals surface area contributed by atoms with E-state index in [2.05, 4.69) is 9.68 Å². The Morgan fingerprint density at radius 2 is 1.67 bits per heavy atom. The summed E-state index contributed by atoms with van der Waals surface area (Å²) >= 11 is 0. The summed E-state index contributed by atoms with van der Waals surface area (Å²) in [5.74, 6) is -0.400. The molecular weight excluding hydrogens is 292 g/mol. The van der Waals surface area contributed by atoms with E-state index >= 15 is 0 Å². The highest BCUT2D eigenvalue weighted by molar-refractivity contribution is 7.94. The first kappa shape index (κ1) is 19.9. The molecule has 0 aromatic heterocycles. The lowest BCUT2D eigenvalue weighted by Crippen LogP contribution is -2.33. The van der Waals surface area contributed by atoms with Crippen molar-refractivity contribution in [2.24, 2.45) is 4.36 Å². The smallest absolute Gasteiger partial charge is 0.407 e. The monoisotopic (exact) mass is 320 g/mol. The van der Waals surface area contributed by atoms with E-state index in [0.717, 1.165) is 0 Å². The molecule has 0 heterocycles. The van der Waals surface area contributed by atoms with Gasteiger partial charge in [-0.3, -0.25) is 4.79 Å². The third-order valence-corrected chi connectivity index (χ3v) is 5.47. The van der Waals surface area contributed by atoms with Gasteiger partial charge in [-0.25, -0.2) is 9.00 Å². The molecule has 0 saturated carbocycles. The lowest BCUT2D eigenvalue weighted by Gasteiger charge is -2.20. The van der Waals surface area contributed by atoms with E-state index in [0.29, 0.717) is 13.0 Å². The van der Waals surface area contributed by atoms with E-state index in [1.54, 1.807) is 41.5 Å². The van der Waals surface area contributed by atoms with Gasteiger partial charge in [0.15, 0.2) is 0 Å². The van der Waals surface area contributed by atoms with Crippen LogP contribution in [0.15, 0.2) is 4.36 Å². The van der Waals surface area contributed by atoms with Crippen LogP contribution in [-0.4, -0.2) is 39.4 Å². The Balaban J connectivity index is 4.22. The minimum Gasteiger partial charge on any atom is -0.444 e. The second-order valence-electron chi connectivity index (χ2n) is 6.93. The molecule has 1 unspecified atom stereocenters. The van der Waals surface area contributed by atoms with Crippen LogP contribution in [-0.2, 0) is 19.3 Å². The molecule has 0 spiro atoms. The molecule has 124 valence electrons. The molecule has 0 radical (unpaired) electrons. The molecule has 0 aliphatic heterocycles. The molecule has 0 saturated heterocycles. The second-order valence-corrected chi connectivity index (χ2v) is 9.94. The van der Waals surface area contributed by atoms with Crippen LogP contribution in [0, 0.1) is 0 Å². The molecule has 6 nitrogen and oxygen atoms in total. The molecular formula is C14H28N2O4S. The largest absolute Gasteiger partial charge is 0.444 e. The fourth-order valence-electron chi connectivity index (χ4n) is 1.12. The summed E-state index contributed by atoms with van der Waals surface area (Å²) in [6, 6.07) is 0. The minimum atomic E-state index is -2.56. The van der Waals surface area contributed by atoms with Gasteiger partial charge in [-0.15, -0.1) is 0 Å². The van der Waals surface area contributed by atoms with Crippen LogP contribution < -0.4 is 5.32 Å². The summed E-state index contributed by atoms with van der Waals surface area (Å²) in [5, 5.41) is 2.56. The van der Waals surface area contributed by atoms with Crippen LogP contribution in [0.25, 0.3) is 0 Å². The maximum atomic E-state index is 12.2. The van der Waals surface area contributed by atoms with Crippen LogP contribution in [0.1, 0.15) is 54.4 Å². The number of carbonyl (C=O) groups is 2. The van der Waals surface area contributed by atoms with Crippen LogP contribution in [0.5, 0.6) is 0 Å². The van der Waals surface area contributed by atoms with Crippen molar-refractivity contribution in [3.8, 4) is 0 Å². The van der Waals surface area contributed by atoms with E-state index in [1.165, 1.54) is 6.26 Å². The molecule has 2 amide bonds. The fourth-order valence-corrected chi connectivity index (χ4v) is 1.87. The fraction of sp³-hybridized carbons (Fsp3) is 0.857. The molecule has 0 aliphatic rings. The van der Waals surface area contributed by atoms with Gasteiger partial charge >= 0.3 is 6.09 Å². The number of carbonyl (C=O) groups excluding carboxylic acids is 2. The Kier molecular flexibility index (Phi) is 6.86. The molecule has 0 rings (SSSR count). The van der Waals surface area contributed by atoms with Crippen molar-refractivity contribution in [1.29, 1.82) is 0 Å². The Morgan fingerprint density at radius 1 is 1.14 bits per heavy atom. The predicted octanol–water partition coefficient (Wildman–Crippen LogP) is 2.71. The molecule has 0 aromatic rings. The number of rotatable bonds is 4. The van der Waals surface area contributed by atoms with E-state index in [4.69, 9.17) is 4.74 Å². The molecule has 1 atom stereocenters. The summed E-state index contributed by atoms with van der Waals surface area (Å²) < 4.78 is 20.6. The molecule has 0 aromatic carbocycles. The van der Waals surface area contributed by atoms with Gasteiger partial charge in [0, 0.05) is 24.0 Å². The van der Waals surface area contributed by atoms with Crippen molar-refractivity contribution in [2.45, 2.75) is 64.7 Å². The minimum absolute atomic E-state index is 0.150. The number of alkyl carbamates (subject to hydrolysis) is 1. The quantitative estimate of drug-likeness (QED) is 0.807. The first-order valence-electron chi connectivity index (χ1n) is 6.96. The number of hydrogen-bond acceptors (Lipinski definition) is 4. The van der Waals surface area contributed by atoms with Crippen LogP contribution in [0.4, 0.5) is 4.79 Å². The van der Waals surface area contributed by atoms with Crippen LogP contribution >= 0.6 is 0 Å². The number of amides is 2. The van der Waals surface area contributed by atoms with Crippen molar-refractivity contribution >= 4 is 21.7 Å². The van der Waals surface area contributed by atoms with Gasteiger partial charge in [0.25, 0.3) is 5.91 Å². The van der Waals surface area contributed by atoms with Crippen molar-refractivity contribution in [2.75, 3.05) is 12.8 Å². The van der Waals surface area contributed by atoms with E-state index < -0.39 is 32.1 Å². The van der Waals surface area contributed by atoms with Crippen molar-refractivity contribution < 1.29 is 18.5 Å². The highest BCUT2D eigenvalue weighted by Gasteiger charge is 2.23. The third kappa shape index (κ3) is 8.70. The number of hydrogen-bond donors (Lipinski definition) is 1. The van der Waals surface area contributed by atoms with Crippen molar-refractivity contribution in [1.82, 2.24) is 5.32 Å². The van der Waals surface area contributed by atoms with Crippen LogP contribution in [0.3, 0.4) is 0 Å². The average Bonchev–Trinajstić information content (AvgIpc) is 2.19. The Bertz CT molecular complexity index is 492. The van der Waals surface area contributed by atoms with Gasteiger partial charge in [-0.05, 0) is 48.0 Å². The Morgan fingerprint density at radius 3 is 2.10 bits per heavy atom. The molecule has 7 heteroatoms. The zero-order valence-electron chi connectivity index (χ0n) is 14.1. The Labute approximate surface area is 128 Å². The predicted molar refractivity (Wildman–Crippen MR) is 84.7 cm³/mol. The van der Waals surface area contributed by atoms with Gasteiger partial charge in [0.2, 0.25) is 0 Å². The lowest BCUT2D eigenvalue weighted by atomic mass is 10.2. The third-order valence-electron chi connectivity index (χ3n) is 2.65. The van der Waals surface area contributed by atoms with E-state index in [1.807, 2.05) is 0 Å². The summed E-state index contributed by atoms with van der Waals surface area (Å²) in [7, 11) is -2.56. The SMILES string of the molecule is CC(C)(C)OC(=O)NCCCC(=O)N=S(C)(=O)C(C)(C)C. The summed E-state index contributed by atoms with van der Waals surface area (Å²) in [5.41, 5.74) is -0.546. The molecule has 0 fully saturated rings. The number of nitrogens with one attached hydrogen (secondary N) is 1. The maximum absolute atomic E-state index is 12.2. The average molecular weight is 320 g/mol. The van der Waals surface area contributed by atoms with Gasteiger partial charge in [0.05, 0.1) is 9.73 Å². The van der Waals surface area contributed by atoms with Gasteiger partial charge in [-0.1, -0.05) is 0 Å². The second kappa shape index (κ2) is 7.24. The highest BCUT2D eigenvalue weighted by atomic mass is 32.2. The first-order chi connectivity index (χ1) is 9.24. The standard InChI is InChI=1S/C14H28N2O4S/c1-13(2,3)20-12(18)15-10-8-9-11(17)16-21(7,19)14(4,5)6/h8-10H2,1-7H3,(H,15,18).